The Morgan fingerprint density at radius 2 is 2.12 bits per heavy atom. The number of hydrogen-bond acceptors (Lipinski definition) is 2. The summed E-state index contributed by atoms with van der Waals surface area (Å²) in [5, 5.41) is 3.30. The molecule has 4 nitrogen and oxygen atoms in total. The van der Waals surface area contributed by atoms with Crippen molar-refractivity contribution in [1.82, 2.24) is 5.32 Å². The quantitative estimate of drug-likeness (QED) is 0.848. The van der Waals surface area contributed by atoms with E-state index in [1.807, 2.05) is 4.90 Å². The zero-order valence-electron chi connectivity index (χ0n) is 14.6. The van der Waals surface area contributed by atoms with Gasteiger partial charge >= 0.3 is 6.03 Å². The minimum Gasteiger partial charge on any atom is -0.375 e. The van der Waals surface area contributed by atoms with Gasteiger partial charge in [0, 0.05) is 24.9 Å². The molecule has 3 aliphatic rings. The van der Waals surface area contributed by atoms with Crippen LogP contribution in [0.3, 0.4) is 0 Å². The Kier molecular flexibility index (Phi) is 4.25. The maximum absolute atomic E-state index is 12.8. The number of carbonyl (C=O) groups excluding carboxylic acids is 1. The Bertz CT molecular complexity index is 617. The van der Waals surface area contributed by atoms with E-state index in [4.69, 9.17) is 4.74 Å². The number of aryl methyl sites for hydroxylation is 1. The van der Waals surface area contributed by atoms with Crippen molar-refractivity contribution in [3.05, 3.63) is 29.3 Å². The molecule has 4 heteroatoms. The van der Waals surface area contributed by atoms with Crippen LogP contribution in [0.4, 0.5) is 10.5 Å². The fourth-order valence-electron chi connectivity index (χ4n) is 4.65. The Morgan fingerprint density at radius 1 is 1.29 bits per heavy atom. The normalized spacial score (nSPS) is 25.5. The molecule has 2 fully saturated rings. The molecule has 0 unspecified atom stereocenters. The van der Waals surface area contributed by atoms with Crippen LogP contribution in [-0.2, 0) is 11.2 Å². The molecule has 2 aliphatic heterocycles. The number of rotatable bonds is 1. The first-order valence-corrected chi connectivity index (χ1v) is 9.47. The van der Waals surface area contributed by atoms with Crippen molar-refractivity contribution in [3.8, 4) is 0 Å². The lowest BCUT2D eigenvalue weighted by atomic mass is 9.78. The van der Waals surface area contributed by atoms with Crippen LogP contribution >= 0.6 is 0 Å². The minimum absolute atomic E-state index is 0.0357. The van der Waals surface area contributed by atoms with E-state index in [2.05, 4.69) is 30.4 Å². The van der Waals surface area contributed by atoms with Crippen molar-refractivity contribution in [3.63, 3.8) is 0 Å². The van der Waals surface area contributed by atoms with Gasteiger partial charge in [0.25, 0.3) is 0 Å². The van der Waals surface area contributed by atoms with Gasteiger partial charge in [-0.1, -0.05) is 31.4 Å². The lowest BCUT2D eigenvalue weighted by Crippen LogP contribution is -2.52. The Morgan fingerprint density at radius 3 is 2.96 bits per heavy atom. The highest BCUT2D eigenvalue weighted by molar-refractivity contribution is 5.94. The second-order valence-corrected chi connectivity index (χ2v) is 7.77. The molecular weight excluding hydrogens is 300 g/mol. The molecule has 130 valence electrons. The third kappa shape index (κ3) is 3.04. The maximum atomic E-state index is 12.8. The fraction of sp³-hybridized carbons (Fsp3) is 0.650. The van der Waals surface area contributed by atoms with Crippen LogP contribution < -0.4 is 10.2 Å². The second-order valence-electron chi connectivity index (χ2n) is 7.77. The summed E-state index contributed by atoms with van der Waals surface area (Å²) in [6.45, 7) is 3.65. The summed E-state index contributed by atoms with van der Waals surface area (Å²) in [5.41, 5.74) is 3.62. The van der Waals surface area contributed by atoms with E-state index in [9.17, 15) is 4.79 Å². The second kappa shape index (κ2) is 6.40. The number of hydrogen-bond donors (Lipinski definition) is 1. The van der Waals surface area contributed by atoms with Crippen molar-refractivity contribution < 1.29 is 9.53 Å². The molecule has 2 amide bonds. The number of nitrogens with one attached hydrogen (secondary N) is 1. The summed E-state index contributed by atoms with van der Waals surface area (Å²) in [6, 6.07) is 6.74. The van der Waals surface area contributed by atoms with Crippen LogP contribution in [0, 0.1) is 6.92 Å². The number of nitrogens with zero attached hydrogens (tertiary/aromatic N) is 1. The molecule has 24 heavy (non-hydrogen) atoms. The highest BCUT2D eigenvalue weighted by Crippen LogP contribution is 2.38. The van der Waals surface area contributed by atoms with Gasteiger partial charge < -0.3 is 10.1 Å². The molecule has 1 N–H and O–H groups in total. The largest absolute Gasteiger partial charge is 0.375 e. The average molecular weight is 328 g/mol. The molecule has 4 rings (SSSR count). The highest BCUT2D eigenvalue weighted by Gasteiger charge is 2.39. The molecule has 1 aromatic rings. The SMILES string of the molecule is Cc1ccc2c(c1)N(C(=O)N[C@H]1CCOC3(CCCCC3)C1)CC2. The van der Waals surface area contributed by atoms with E-state index in [1.165, 1.54) is 30.4 Å². The lowest BCUT2D eigenvalue weighted by Gasteiger charge is -2.43. The van der Waals surface area contributed by atoms with Gasteiger partial charge in [0.2, 0.25) is 0 Å². The molecule has 1 saturated carbocycles. The number of urea groups is 1. The zero-order valence-corrected chi connectivity index (χ0v) is 14.6. The van der Waals surface area contributed by atoms with Gasteiger partial charge in [-0.3, -0.25) is 4.90 Å². The zero-order chi connectivity index (χ0) is 16.6. The predicted molar refractivity (Wildman–Crippen MR) is 95.6 cm³/mol. The summed E-state index contributed by atoms with van der Waals surface area (Å²) in [6.07, 6.45) is 9.04. The molecule has 1 saturated heterocycles. The number of amides is 2. The van der Waals surface area contributed by atoms with E-state index in [-0.39, 0.29) is 17.7 Å². The summed E-state index contributed by atoms with van der Waals surface area (Å²) in [7, 11) is 0. The lowest BCUT2D eigenvalue weighted by molar-refractivity contribution is -0.107. The van der Waals surface area contributed by atoms with E-state index in [0.717, 1.165) is 50.9 Å². The smallest absolute Gasteiger partial charge is 0.322 e. The number of ether oxygens (including phenoxy) is 1. The summed E-state index contributed by atoms with van der Waals surface area (Å²) in [5.74, 6) is 0. The third-order valence-corrected chi connectivity index (χ3v) is 5.97. The first-order chi connectivity index (χ1) is 11.7. The summed E-state index contributed by atoms with van der Waals surface area (Å²) >= 11 is 0. The highest BCUT2D eigenvalue weighted by atomic mass is 16.5. The van der Waals surface area contributed by atoms with Crippen LogP contribution in [0.25, 0.3) is 0 Å². The summed E-state index contributed by atoms with van der Waals surface area (Å²) in [4.78, 5) is 14.8. The summed E-state index contributed by atoms with van der Waals surface area (Å²) < 4.78 is 6.15. The standard InChI is InChI=1S/C20H28N2O2/c1-15-5-6-16-7-11-22(18(16)13-15)19(23)21-17-8-12-24-20(14-17)9-3-2-4-10-20/h5-6,13,17H,2-4,7-12,14H2,1H3,(H,21,23)/t17-/m0/s1. The number of anilines is 1. The van der Waals surface area contributed by atoms with Crippen LogP contribution in [0.2, 0.25) is 0 Å². The van der Waals surface area contributed by atoms with E-state index < -0.39 is 0 Å². The van der Waals surface area contributed by atoms with Crippen molar-refractivity contribution in [2.45, 2.75) is 69.9 Å². The van der Waals surface area contributed by atoms with Crippen LogP contribution in [0.5, 0.6) is 0 Å². The number of fused-ring (bicyclic) bond motifs is 1. The van der Waals surface area contributed by atoms with Gasteiger partial charge in [0.15, 0.2) is 0 Å². The van der Waals surface area contributed by atoms with Gasteiger partial charge in [-0.2, -0.15) is 0 Å². The van der Waals surface area contributed by atoms with E-state index in [1.54, 1.807) is 0 Å². The molecular formula is C20H28N2O2. The topological polar surface area (TPSA) is 41.6 Å². The third-order valence-electron chi connectivity index (χ3n) is 5.97. The maximum Gasteiger partial charge on any atom is 0.322 e. The monoisotopic (exact) mass is 328 g/mol. The first kappa shape index (κ1) is 15.9. The molecule has 1 aromatic carbocycles. The molecule has 0 aromatic heterocycles. The first-order valence-electron chi connectivity index (χ1n) is 9.47. The van der Waals surface area contributed by atoms with Gasteiger partial charge in [0.1, 0.15) is 0 Å². The fourth-order valence-corrected chi connectivity index (χ4v) is 4.65. The predicted octanol–water partition coefficient (Wildman–Crippen LogP) is 3.95. The molecule has 2 heterocycles. The van der Waals surface area contributed by atoms with Gasteiger partial charge in [-0.25, -0.2) is 4.79 Å². The Balaban J connectivity index is 1.42. The Labute approximate surface area is 144 Å². The van der Waals surface area contributed by atoms with Crippen LogP contribution in [0.1, 0.15) is 56.1 Å². The molecule has 1 aliphatic carbocycles. The van der Waals surface area contributed by atoms with Crippen molar-refractivity contribution >= 4 is 11.7 Å². The molecule has 0 radical (unpaired) electrons. The number of carbonyl (C=O) groups is 1. The van der Waals surface area contributed by atoms with Crippen molar-refractivity contribution in [2.24, 2.45) is 0 Å². The van der Waals surface area contributed by atoms with Crippen molar-refractivity contribution in [1.29, 1.82) is 0 Å². The molecule has 0 bridgehead atoms. The van der Waals surface area contributed by atoms with Gasteiger partial charge in [0.05, 0.1) is 5.60 Å². The van der Waals surface area contributed by atoms with E-state index in [0.29, 0.717) is 0 Å². The average Bonchev–Trinajstić information content (AvgIpc) is 2.98. The van der Waals surface area contributed by atoms with Gasteiger partial charge in [-0.15, -0.1) is 0 Å². The van der Waals surface area contributed by atoms with Crippen LogP contribution in [-0.4, -0.2) is 30.8 Å². The van der Waals surface area contributed by atoms with Gasteiger partial charge in [-0.05, 0) is 56.2 Å². The molecule has 1 atom stereocenters. The minimum atomic E-state index is 0.0357. The van der Waals surface area contributed by atoms with E-state index >= 15 is 0 Å². The number of benzene rings is 1. The van der Waals surface area contributed by atoms with Crippen molar-refractivity contribution in [2.75, 3.05) is 18.1 Å². The Hall–Kier alpha value is -1.55. The van der Waals surface area contributed by atoms with Crippen LogP contribution in [0.15, 0.2) is 18.2 Å². The molecule has 1 spiro atoms.